The minimum absolute atomic E-state index is 0.614. The minimum Gasteiger partial charge on any atom is -0.493 e. The Morgan fingerprint density at radius 1 is 1.10 bits per heavy atom. The quantitative estimate of drug-likeness (QED) is 0.823. The van der Waals surface area contributed by atoms with Gasteiger partial charge in [-0.05, 0) is 43.7 Å². The number of benzene rings is 1. The molecule has 1 aliphatic heterocycles. The van der Waals surface area contributed by atoms with Crippen LogP contribution in [0.5, 0.6) is 5.75 Å². The predicted octanol–water partition coefficient (Wildman–Crippen LogP) is 4.50. The summed E-state index contributed by atoms with van der Waals surface area (Å²) in [6.45, 7) is 4.35. The Bertz CT molecular complexity index is 437. The maximum atomic E-state index is 5.77. The van der Waals surface area contributed by atoms with Crippen molar-refractivity contribution in [1.29, 1.82) is 0 Å². The van der Waals surface area contributed by atoms with E-state index in [0.29, 0.717) is 12.0 Å². The highest BCUT2D eigenvalue weighted by molar-refractivity contribution is 5.37. The largest absolute Gasteiger partial charge is 0.493 e. The van der Waals surface area contributed by atoms with E-state index >= 15 is 0 Å². The topological polar surface area (TPSA) is 21.3 Å². The molecule has 1 heterocycles. The smallest absolute Gasteiger partial charge is 0.122 e. The predicted molar refractivity (Wildman–Crippen MR) is 88.0 cm³/mol. The molecule has 116 valence electrons. The second-order valence-corrected chi connectivity index (χ2v) is 6.82. The molecule has 2 heteroatoms. The SMILES string of the molecule is C[C@H](NCC1CCOc2ccccc21)C1CCCCCC1. The maximum Gasteiger partial charge on any atom is 0.122 e. The zero-order valence-electron chi connectivity index (χ0n) is 13.3. The highest BCUT2D eigenvalue weighted by Gasteiger charge is 2.23. The summed E-state index contributed by atoms with van der Waals surface area (Å²) in [5, 5.41) is 3.84. The van der Waals surface area contributed by atoms with E-state index < -0.39 is 0 Å². The van der Waals surface area contributed by atoms with Crippen LogP contribution in [-0.4, -0.2) is 19.2 Å². The highest BCUT2D eigenvalue weighted by Crippen LogP contribution is 2.33. The minimum atomic E-state index is 0.614. The lowest BCUT2D eigenvalue weighted by molar-refractivity contribution is 0.255. The molecule has 1 fully saturated rings. The lowest BCUT2D eigenvalue weighted by atomic mass is 9.90. The maximum absolute atomic E-state index is 5.77. The number of nitrogens with one attached hydrogen (secondary N) is 1. The van der Waals surface area contributed by atoms with Crippen LogP contribution in [0.1, 0.15) is 63.4 Å². The Morgan fingerprint density at radius 2 is 1.86 bits per heavy atom. The first kappa shape index (κ1) is 14.9. The first-order valence-electron chi connectivity index (χ1n) is 8.79. The average molecular weight is 287 g/mol. The average Bonchev–Trinajstić information content (AvgIpc) is 2.82. The van der Waals surface area contributed by atoms with E-state index in [-0.39, 0.29) is 0 Å². The van der Waals surface area contributed by atoms with E-state index in [1.165, 1.54) is 44.1 Å². The number of hydrogen-bond acceptors (Lipinski definition) is 2. The van der Waals surface area contributed by atoms with E-state index in [4.69, 9.17) is 4.74 Å². The van der Waals surface area contributed by atoms with Gasteiger partial charge in [-0.3, -0.25) is 0 Å². The number of fused-ring (bicyclic) bond motifs is 1. The molecule has 0 aromatic heterocycles. The van der Waals surface area contributed by atoms with Crippen LogP contribution in [-0.2, 0) is 0 Å². The fourth-order valence-corrected chi connectivity index (χ4v) is 3.93. The lowest BCUT2D eigenvalue weighted by Gasteiger charge is -2.29. The molecule has 2 aliphatic rings. The Kier molecular flexibility index (Phi) is 5.18. The summed E-state index contributed by atoms with van der Waals surface area (Å²) in [4.78, 5) is 0. The van der Waals surface area contributed by atoms with Gasteiger partial charge in [-0.1, -0.05) is 43.9 Å². The third-order valence-corrected chi connectivity index (χ3v) is 5.38. The first-order valence-corrected chi connectivity index (χ1v) is 8.79. The second kappa shape index (κ2) is 7.31. The van der Waals surface area contributed by atoms with Crippen LogP contribution >= 0.6 is 0 Å². The fourth-order valence-electron chi connectivity index (χ4n) is 3.93. The van der Waals surface area contributed by atoms with Gasteiger partial charge in [0.2, 0.25) is 0 Å². The van der Waals surface area contributed by atoms with E-state index in [9.17, 15) is 0 Å². The summed E-state index contributed by atoms with van der Waals surface area (Å²) in [6, 6.07) is 9.20. The number of rotatable bonds is 4. The summed E-state index contributed by atoms with van der Waals surface area (Å²) in [7, 11) is 0. The van der Waals surface area contributed by atoms with Gasteiger partial charge in [-0.15, -0.1) is 0 Å². The molecule has 1 saturated carbocycles. The Hall–Kier alpha value is -1.02. The van der Waals surface area contributed by atoms with Gasteiger partial charge in [0, 0.05) is 18.5 Å². The van der Waals surface area contributed by atoms with Crippen molar-refractivity contribution in [3.63, 3.8) is 0 Å². The normalized spacial score (nSPS) is 24.7. The number of ether oxygens (including phenoxy) is 1. The van der Waals surface area contributed by atoms with Crippen molar-refractivity contribution in [2.24, 2.45) is 5.92 Å². The molecule has 0 amide bonds. The summed E-state index contributed by atoms with van der Waals surface area (Å²) < 4.78 is 5.77. The molecule has 1 aromatic carbocycles. The molecule has 2 nitrogen and oxygen atoms in total. The molecule has 2 atom stereocenters. The van der Waals surface area contributed by atoms with Crippen molar-refractivity contribution in [3.8, 4) is 5.75 Å². The molecule has 1 N–H and O–H groups in total. The molecule has 0 radical (unpaired) electrons. The molecule has 0 spiro atoms. The Morgan fingerprint density at radius 3 is 2.67 bits per heavy atom. The zero-order chi connectivity index (χ0) is 14.5. The highest BCUT2D eigenvalue weighted by atomic mass is 16.5. The van der Waals surface area contributed by atoms with Gasteiger partial charge in [0.15, 0.2) is 0 Å². The first-order chi connectivity index (χ1) is 10.3. The Labute approximate surface area is 129 Å². The standard InChI is InChI=1S/C19H29NO/c1-15(16-8-4-2-3-5-9-16)20-14-17-12-13-21-19-11-7-6-10-18(17)19/h6-7,10-11,15-17,20H,2-5,8-9,12-14H2,1H3/t15-,17?/m0/s1. The molecule has 1 unspecified atom stereocenters. The summed E-state index contributed by atoms with van der Waals surface area (Å²) in [6.07, 6.45) is 9.71. The van der Waals surface area contributed by atoms with E-state index in [0.717, 1.165) is 31.2 Å². The van der Waals surface area contributed by atoms with Gasteiger partial charge in [0.05, 0.1) is 6.61 Å². The van der Waals surface area contributed by atoms with Crippen molar-refractivity contribution >= 4 is 0 Å². The van der Waals surface area contributed by atoms with Gasteiger partial charge in [-0.25, -0.2) is 0 Å². The molecule has 0 bridgehead atoms. The van der Waals surface area contributed by atoms with Crippen molar-refractivity contribution in [2.45, 2.75) is 63.8 Å². The van der Waals surface area contributed by atoms with Crippen LogP contribution < -0.4 is 10.1 Å². The monoisotopic (exact) mass is 287 g/mol. The number of hydrogen-bond donors (Lipinski definition) is 1. The second-order valence-electron chi connectivity index (χ2n) is 6.82. The summed E-state index contributed by atoms with van der Waals surface area (Å²) >= 11 is 0. The third kappa shape index (κ3) is 3.79. The number of para-hydroxylation sites is 1. The van der Waals surface area contributed by atoms with Crippen LogP contribution in [0.3, 0.4) is 0 Å². The van der Waals surface area contributed by atoms with Crippen LogP contribution in [0, 0.1) is 5.92 Å². The van der Waals surface area contributed by atoms with Crippen LogP contribution in [0.2, 0.25) is 0 Å². The zero-order valence-corrected chi connectivity index (χ0v) is 13.3. The fraction of sp³-hybridized carbons (Fsp3) is 0.684. The molecule has 21 heavy (non-hydrogen) atoms. The van der Waals surface area contributed by atoms with Gasteiger partial charge >= 0.3 is 0 Å². The molecule has 0 saturated heterocycles. The Balaban J connectivity index is 1.55. The van der Waals surface area contributed by atoms with Gasteiger partial charge in [-0.2, -0.15) is 0 Å². The molecular weight excluding hydrogens is 258 g/mol. The summed E-state index contributed by atoms with van der Waals surface area (Å²) in [5.74, 6) is 2.59. The van der Waals surface area contributed by atoms with Gasteiger partial charge in [0.1, 0.15) is 5.75 Å². The lowest BCUT2D eigenvalue weighted by Crippen LogP contribution is -2.37. The van der Waals surface area contributed by atoms with Crippen LogP contribution in [0.15, 0.2) is 24.3 Å². The molecule has 3 rings (SSSR count). The van der Waals surface area contributed by atoms with Crippen molar-refractivity contribution < 1.29 is 4.74 Å². The van der Waals surface area contributed by atoms with Gasteiger partial charge < -0.3 is 10.1 Å². The van der Waals surface area contributed by atoms with Crippen molar-refractivity contribution in [3.05, 3.63) is 29.8 Å². The van der Waals surface area contributed by atoms with Crippen LogP contribution in [0.4, 0.5) is 0 Å². The van der Waals surface area contributed by atoms with Crippen molar-refractivity contribution in [1.82, 2.24) is 5.32 Å². The van der Waals surface area contributed by atoms with Gasteiger partial charge in [0.25, 0.3) is 0 Å². The molecule has 1 aromatic rings. The molecular formula is C19H29NO. The van der Waals surface area contributed by atoms with E-state index in [1.54, 1.807) is 0 Å². The van der Waals surface area contributed by atoms with E-state index in [2.05, 4.69) is 36.5 Å². The van der Waals surface area contributed by atoms with E-state index in [1.807, 2.05) is 0 Å². The molecule has 1 aliphatic carbocycles. The van der Waals surface area contributed by atoms with Crippen molar-refractivity contribution in [2.75, 3.05) is 13.2 Å². The van der Waals surface area contributed by atoms with Crippen LogP contribution in [0.25, 0.3) is 0 Å². The third-order valence-electron chi connectivity index (χ3n) is 5.38. The summed E-state index contributed by atoms with van der Waals surface area (Å²) in [5.41, 5.74) is 1.39.